The molecule has 1 atom stereocenters. The number of thioether (sulfide) groups is 1. The number of carbonyl (C=O) groups excluding carboxylic acids is 1. The van der Waals surface area contributed by atoms with Crippen molar-refractivity contribution in [3.63, 3.8) is 0 Å². The number of esters is 1. The fourth-order valence-corrected chi connectivity index (χ4v) is 2.93. The Morgan fingerprint density at radius 1 is 1.71 bits per heavy atom. The van der Waals surface area contributed by atoms with Crippen LogP contribution in [-0.4, -0.2) is 28.3 Å². The topological polar surface area (TPSA) is 78.1 Å². The van der Waals surface area contributed by atoms with E-state index in [4.69, 9.17) is 10.5 Å². The van der Waals surface area contributed by atoms with E-state index >= 15 is 0 Å². The second-order valence-electron chi connectivity index (χ2n) is 3.75. The number of anilines is 1. The molecule has 1 aromatic rings. The molecule has 5 nitrogen and oxygen atoms in total. The Kier molecular flexibility index (Phi) is 3.83. The summed E-state index contributed by atoms with van der Waals surface area (Å²) in [5.74, 6) is 1.60. The number of rotatable bonds is 3. The molecule has 1 saturated heterocycles. The molecule has 1 aromatic heterocycles. The highest BCUT2D eigenvalue weighted by Gasteiger charge is 2.22. The highest BCUT2D eigenvalue weighted by molar-refractivity contribution is 7.99. The van der Waals surface area contributed by atoms with E-state index in [2.05, 4.69) is 9.97 Å². The average Bonchev–Trinajstić information content (AvgIpc) is 2.82. The van der Waals surface area contributed by atoms with E-state index in [-0.39, 0.29) is 11.4 Å². The van der Waals surface area contributed by atoms with E-state index in [1.165, 1.54) is 12.6 Å². The largest absolute Gasteiger partial charge is 0.462 e. The summed E-state index contributed by atoms with van der Waals surface area (Å²) in [4.78, 5) is 19.9. The van der Waals surface area contributed by atoms with Crippen LogP contribution in [-0.2, 0) is 4.74 Å². The first-order valence-corrected chi connectivity index (χ1v) is 6.68. The lowest BCUT2D eigenvalue weighted by Gasteiger charge is -2.09. The van der Waals surface area contributed by atoms with E-state index in [0.717, 1.165) is 18.0 Å². The minimum Gasteiger partial charge on any atom is -0.462 e. The molecular formula is C11H15N3O2S. The molecule has 2 N–H and O–H groups in total. The highest BCUT2D eigenvalue weighted by atomic mass is 32.2. The number of nitrogens with two attached hydrogens (primary N) is 1. The number of nitrogen functional groups attached to an aromatic ring is 1. The first-order valence-electron chi connectivity index (χ1n) is 5.63. The molecule has 2 rings (SSSR count). The molecule has 1 aliphatic rings. The summed E-state index contributed by atoms with van der Waals surface area (Å²) in [6, 6.07) is 0. The van der Waals surface area contributed by atoms with E-state index in [1.807, 2.05) is 11.8 Å². The van der Waals surface area contributed by atoms with E-state index in [1.54, 1.807) is 6.92 Å². The Hall–Kier alpha value is -1.30. The van der Waals surface area contributed by atoms with Crippen LogP contribution in [0.15, 0.2) is 6.20 Å². The lowest BCUT2D eigenvalue weighted by atomic mass is 10.2. The van der Waals surface area contributed by atoms with Gasteiger partial charge in [-0.3, -0.25) is 0 Å². The van der Waals surface area contributed by atoms with Gasteiger partial charge in [0.15, 0.2) is 0 Å². The van der Waals surface area contributed by atoms with Gasteiger partial charge in [0, 0.05) is 6.20 Å². The summed E-state index contributed by atoms with van der Waals surface area (Å²) in [7, 11) is 0. The molecule has 0 aliphatic carbocycles. The Labute approximate surface area is 104 Å². The quantitative estimate of drug-likeness (QED) is 0.828. The van der Waals surface area contributed by atoms with Gasteiger partial charge in [-0.1, -0.05) is 0 Å². The van der Waals surface area contributed by atoms with Crippen LogP contribution in [0.25, 0.3) is 0 Å². The van der Waals surface area contributed by atoms with Gasteiger partial charge in [0.25, 0.3) is 0 Å². The summed E-state index contributed by atoms with van der Waals surface area (Å²) in [5, 5.41) is 0.313. The average molecular weight is 253 g/mol. The van der Waals surface area contributed by atoms with E-state index in [9.17, 15) is 4.79 Å². The molecule has 0 radical (unpaired) electrons. The van der Waals surface area contributed by atoms with Crippen molar-refractivity contribution in [1.29, 1.82) is 0 Å². The number of nitrogens with zero attached hydrogens (tertiary/aromatic N) is 2. The zero-order valence-electron chi connectivity index (χ0n) is 9.68. The minimum absolute atomic E-state index is 0.209. The zero-order valence-corrected chi connectivity index (χ0v) is 10.5. The Morgan fingerprint density at radius 3 is 3.12 bits per heavy atom. The van der Waals surface area contributed by atoms with E-state index < -0.39 is 5.97 Å². The highest BCUT2D eigenvalue weighted by Crippen LogP contribution is 2.38. The van der Waals surface area contributed by atoms with Gasteiger partial charge in [-0.25, -0.2) is 14.8 Å². The van der Waals surface area contributed by atoms with Crippen LogP contribution in [0.2, 0.25) is 0 Å². The maximum Gasteiger partial charge on any atom is 0.343 e. The summed E-state index contributed by atoms with van der Waals surface area (Å²) in [6.45, 7) is 2.07. The van der Waals surface area contributed by atoms with Crippen molar-refractivity contribution in [2.75, 3.05) is 18.1 Å². The second kappa shape index (κ2) is 5.35. The smallest absolute Gasteiger partial charge is 0.343 e. The van der Waals surface area contributed by atoms with Crippen LogP contribution < -0.4 is 5.73 Å². The zero-order chi connectivity index (χ0) is 12.3. The number of ether oxygens (including phenoxy) is 1. The Balaban J connectivity index is 2.19. The number of hydrogen-bond donors (Lipinski definition) is 1. The molecule has 6 heteroatoms. The van der Waals surface area contributed by atoms with Gasteiger partial charge >= 0.3 is 5.97 Å². The monoisotopic (exact) mass is 253 g/mol. The SMILES string of the molecule is CCOC(=O)c1cnc(C2CCCS2)nc1N. The number of carbonyl (C=O) groups is 1. The van der Waals surface area contributed by atoms with Crippen molar-refractivity contribution < 1.29 is 9.53 Å². The molecule has 0 spiro atoms. The lowest BCUT2D eigenvalue weighted by Crippen LogP contribution is -2.12. The third-order valence-electron chi connectivity index (χ3n) is 2.55. The van der Waals surface area contributed by atoms with Gasteiger partial charge in [-0.05, 0) is 25.5 Å². The van der Waals surface area contributed by atoms with Gasteiger partial charge in [0.2, 0.25) is 0 Å². The van der Waals surface area contributed by atoms with Crippen molar-refractivity contribution in [3.05, 3.63) is 17.6 Å². The van der Waals surface area contributed by atoms with Crippen LogP contribution in [0, 0.1) is 0 Å². The molecule has 0 saturated carbocycles. The predicted molar refractivity (Wildman–Crippen MR) is 66.8 cm³/mol. The Bertz CT molecular complexity index is 419. The molecule has 1 aliphatic heterocycles. The third kappa shape index (κ3) is 2.69. The van der Waals surface area contributed by atoms with E-state index in [0.29, 0.717) is 11.9 Å². The first-order chi connectivity index (χ1) is 8.22. The molecule has 0 bridgehead atoms. The molecule has 1 fully saturated rings. The van der Waals surface area contributed by atoms with Crippen LogP contribution in [0.1, 0.15) is 41.2 Å². The van der Waals surface area contributed by atoms with Gasteiger partial charge in [-0.15, -0.1) is 0 Å². The minimum atomic E-state index is -0.462. The van der Waals surface area contributed by atoms with Crippen molar-refractivity contribution >= 4 is 23.5 Å². The third-order valence-corrected chi connectivity index (χ3v) is 3.92. The molecule has 17 heavy (non-hydrogen) atoms. The van der Waals surface area contributed by atoms with Gasteiger partial charge < -0.3 is 10.5 Å². The fraction of sp³-hybridized carbons (Fsp3) is 0.545. The van der Waals surface area contributed by atoms with Gasteiger partial charge in [-0.2, -0.15) is 11.8 Å². The number of aromatic nitrogens is 2. The lowest BCUT2D eigenvalue weighted by molar-refractivity contribution is 0.0526. The molecule has 1 unspecified atom stereocenters. The van der Waals surface area contributed by atoms with Gasteiger partial charge in [0.1, 0.15) is 17.2 Å². The van der Waals surface area contributed by atoms with Crippen molar-refractivity contribution in [1.82, 2.24) is 9.97 Å². The second-order valence-corrected chi connectivity index (χ2v) is 5.06. The summed E-state index contributed by atoms with van der Waals surface area (Å²) in [6.07, 6.45) is 3.72. The van der Waals surface area contributed by atoms with Crippen LogP contribution in [0.5, 0.6) is 0 Å². The number of hydrogen-bond acceptors (Lipinski definition) is 6. The molecular weight excluding hydrogens is 238 g/mol. The summed E-state index contributed by atoms with van der Waals surface area (Å²) in [5.41, 5.74) is 6.01. The van der Waals surface area contributed by atoms with Gasteiger partial charge in [0.05, 0.1) is 11.9 Å². The van der Waals surface area contributed by atoms with Crippen LogP contribution in [0.3, 0.4) is 0 Å². The summed E-state index contributed by atoms with van der Waals surface area (Å²) >= 11 is 1.83. The Morgan fingerprint density at radius 2 is 2.53 bits per heavy atom. The van der Waals surface area contributed by atoms with Crippen LogP contribution in [0.4, 0.5) is 5.82 Å². The molecule has 0 aromatic carbocycles. The normalized spacial score (nSPS) is 19.2. The fourth-order valence-electron chi connectivity index (χ4n) is 1.71. The maximum atomic E-state index is 11.5. The molecule has 2 heterocycles. The standard InChI is InChI=1S/C11H15N3O2S/c1-2-16-11(15)7-6-13-10(14-9(7)12)8-4-3-5-17-8/h6,8H,2-5H2,1H3,(H2,12,13,14). The van der Waals surface area contributed by atoms with Crippen molar-refractivity contribution in [2.24, 2.45) is 0 Å². The maximum absolute atomic E-state index is 11.5. The van der Waals surface area contributed by atoms with Crippen LogP contribution >= 0.6 is 11.8 Å². The van der Waals surface area contributed by atoms with Crippen molar-refractivity contribution in [3.8, 4) is 0 Å². The predicted octanol–water partition coefficient (Wildman–Crippen LogP) is 1.80. The van der Waals surface area contributed by atoms with Crippen molar-refractivity contribution in [2.45, 2.75) is 25.0 Å². The summed E-state index contributed by atoms with van der Waals surface area (Å²) < 4.78 is 4.87. The first kappa shape index (κ1) is 12.2. The molecule has 92 valence electrons. The molecule has 0 amide bonds.